The summed E-state index contributed by atoms with van der Waals surface area (Å²) in [6.07, 6.45) is 6.33. The van der Waals surface area contributed by atoms with Crippen LogP contribution in [-0.4, -0.2) is 62.1 Å². The van der Waals surface area contributed by atoms with Crippen molar-refractivity contribution in [3.05, 3.63) is 25.3 Å². The van der Waals surface area contributed by atoms with Gasteiger partial charge in [-0.05, 0) is 0 Å². The molecule has 0 amide bonds. The Hall–Kier alpha value is -1.80. The number of aromatic amines is 4. The van der Waals surface area contributed by atoms with E-state index in [1.54, 1.807) is 44.0 Å². The van der Waals surface area contributed by atoms with Crippen molar-refractivity contribution in [3.8, 4) is 0 Å². The zero-order valence-electron chi connectivity index (χ0n) is 15.2. The van der Waals surface area contributed by atoms with E-state index in [1.807, 2.05) is 28.2 Å². The van der Waals surface area contributed by atoms with Gasteiger partial charge < -0.3 is 67.9 Å². The molecule has 0 spiro atoms. The van der Waals surface area contributed by atoms with Crippen molar-refractivity contribution >= 4 is 0 Å². The van der Waals surface area contributed by atoms with E-state index >= 15 is 0 Å². The van der Waals surface area contributed by atoms with Crippen LogP contribution in [0.25, 0.3) is 0 Å². The maximum Gasteiger partial charge on any atom is 0.288 e. The Morgan fingerprint density at radius 2 is 0.607 bits per heavy atom. The van der Waals surface area contributed by atoms with Gasteiger partial charge in [0.25, 0.3) is 25.3 Å². The molecule has 4 heterocycles. The van der Waals surface area contributed by atoms with Crippen LogP contribution in [0.5, 0.6) is 0 Å². The predicted molar refractivity (Wildman–Crippen MR) is 70.2 cm³/mol. The molecule has 160 valence electrons. The van der Waals surface area contributed by atoms with E-state index in [1.165, 1.54) is 0 Å². The third-order valence-corrected chi connectivity index (χ3v) is 1.94. The first-order chi connectivity index (χ1) is 11.6. The molecule has 0 aliphatic heterocycles. The molecular formula is C8H20Br4N16. The molecule has 0 bridgehead atoms. The number of halogens is 4. The van der Waals surface area contributed by atoms with Crippen molar-refractivity contribution in [3.63, 3.8) is 0 Å². The third-order valence-electron chi connectivity index (χ3n) is 1.94. The van der Waals surface area contributed by atoms with E-state index in [2.05, 4.69) is 62.1 Å². The molecule has 0 radical (unpaired) electrons. The lowest BCUT2D eigenvalue weighted by atomic mass is 11.2. The number of rotatable bonds is 0. The minimum Gasteiger partial charge on any atom is -1.00 e. The normalized spacial score (nSPS) is 7.57. The molecule has 28 heavy (non-hydrogen) atoms. The highest BCUT2D eigenvalue weighted by Gasteiger charge is 1.85. The second-order valence-electron chi connectivity index (χ2n) is 4.17. The fourth-order valence-corrected chi connectivity index (χ4v) is 0.902. The largest absolute Gasteiger partial charge is 1.00 e. The van der Waals surface area contributed by atoms with E-state index < -0.39 is 0 Å². The van der Waals surface area contributed by atoms with E-state index in [4.69, 9.17) is 0 Å². The molecule has 4 aromatic heterocycles. The van der Waals surface area contributed by atoms with Gasteiger partial charge >= 0.3 is 0 Å². The van der Waals surface area contributed by atoms with Crippen molar-refractivity contribution in [1.29, 1.82) is 0 Å². The molecule has 4 rings (SSSR count). The third kappa shape index (κ3) is 19.0. The fourth-order valence-electron chi connectivity index (χ4n) is 0.902. The van der Waals surface area contributed by atoms with Crippen molar-refractivity contribution in [2.75, 3.05) is 0 Å². The van der Waals surface area contributed by atoms with Gasteiger partial charge in [0.2, 0.25) is 0 Å². The van der Waals surface area contributed by atoms with E-state index in [9.17, 15) is 0 Å². The van der Waals surface area contributed by atoms with Crippen molar-refractivity contribution in [2.45, 2.75) is 0 Å². The van der Waals surface area contributed by atoms with Crippen LogP contribution in [0.4, 0.5) is 0 Å². The summed E-state index contributed by atoms with van der Waals surface area (Å²) in [4.78, 5) is 0. The Kier molecular flexibility index (Phi) is 25.9. The number of nitrogens with one attached hydrogen (secondary N) is 4. The smallest absolute Gasteiger partial charge is 0.288 e. The molecule has 0 unspecified atom stereocenters. The van der Waals surface area contributed by atoms with Gasteiger partial charge in [0, 0.05) is 0 Å². The standard InChI is InChI=1S/4C2H4N4.4BrH/c4*1-6-2-3-4-5-6;;;;/h4*2H,1H3;4*1H. The molecule has 0 aliphatic carbocycles. The lowest BCUT2D eigenvalue weighted by Crippen LogP contribution is -3.00. The van der Waals surface area contributed by atoms with Crippen LogP contribution in [0, 0.1) is 0 Å². The lowest BCUT2D eigenvalue weighted by Gasteiger charge is -1.65. The van der Waals surface area contributed by atoms with Crippen molar-refractivity contribution in [2.24, 2.45) is 28.2 Å². The van der Waals surface area contributed by atoms with E-state index in [0.29, 0.717) is 0 Å². The monoisotopic (exact) mass is 656 g/mol. The van der Waals surface area contributed by atoms with Gasteiger partial charge in [0.05, 0.1) is 28.2 Å². The number of nitrogens with zero attached hydrogens (tertiary/aromatic N) is 12. The molecule has 20 heteroatoms. The van der Waals surface area contributed by atoms with Crippen LogP contribution in [-0.2, 0) is 28.2 Å². The van der Waals surface area contributed by atoms with Crippen molar-refractivity contribution in [1.82, 2.24) is 62.1 Å². The van der Waals surface area contributed by atoms with E-state index in [0.717, 1.165) is 0 Å². The summed E-state index contributed by atoms with van der Waals surface area (Å²) in [5, 5.41) is 37.8. The summed E-state index contributed by atoms with van der Waals surface area (Å²) in [6, 6.07) is 0. The average molecular weight is 660 g/mol. The number of aryl methyl sites for hydroxylation is 4. The molecule has 0 saturated heterocycles. The maximum atomic E-state index is 3.48. The molecule has 4 aromatic rings. The second kappa shape index (κ2) is 21.5. The van der Waals surface area contributed by atoms with Crippen LogP contribution in [0.3, 0.4) is 0 Å². The molecule has 0 saturated carbocycles. The molecule has 0 atom stereocenters. The van der Waals surface area contributed by atoms with Gasteiger partial charge in [-0.2, -0.15) is 18.7 Å². The maximum absolute atomic E-state index is 3.48. The molecular weight excluding hydrogens is 640 g/mol. The first kappa shape index (κ1) is 33.8. The minimum atomic E-state index is 0. The highest BCUT2D eigenvalue weighted by Crippen LogP contribution is 1.42. The Labute approximate surface area is 201 Å². The number of H-pyrrole nitrogens is 4. The highest BCUT2D eigenvalue weighted by atomic mass is 79.9. The summed E-state index contributed by atoms with van der Waals surface area (Å²) in [6.45, 7) is 0. The first-order valence-corrected chi connectivity index (χ1v) is 6.44. The molecule has 4 N–H and O–H groups in total. The topological polar surface area (TPSA) is 182 Å². The van der Waals surface area contributed by atoms with Crippen LogP contribution in [0.2, 0.25) is 0 Å². The number of hydrogen-bond acceptors (Lipinski definition) is 8. The van der Waals surface area contributed by atoms with Crippen molar-refractivity contribution < 1.29 is 86.7 Å². The average Bonchev–Trinajstić information content (AvgIpc) is 3.31. The Bertz CT molecular complexity index is 582. The first-order valence-electron chi connectivity index (χ1n) is 6.44. The van der Waals surface area contributed by atoms with Gasteiger partial charge in [-0.25, -0.2) is 0 Å². The molecule has 0 aromatic carbocycles. The molecule has 0 aliphatic rings. The summed E-state index contributed by atoms with van der Waals surface area (Å²) in [7, 11) is 7.28. The quantitative estimate of drug-likeness (QED) is 0.134. The zero-order valence-corrected chi connectivity index (χ0v) is 21.5. The highest BCUT2D eigenvalue weighted by molar-refractivity contribution is 4.10. The zero-order chi connectivity index (χ0) is 17.6. The Morgan fingerprint density at radius 1 is 0.429 bits per heavy atom. The van der Waals surface area contributed by atoms with Gasteiger partial charge in [-0.15, -0.1) is 0 Å². The van der Waals surface area contributed by atoms with E-state index in [-0.39, 0.29) is 67.9 Å². The summed E-state index contributed by atoms with van der Waals surface area (Å²) >= 11 is 0. The summed E-state index contributed by atoms with van der Waals surface area (Å²) in [5.41, 5.74) is 0. The minimum absolute atomic E-state index is 0. The lowest BCUT2D eigenvalue weighted by molar-refractivity contribution is -0.731. The van der Waals surface area contributed by atoms with Gasteiger partial charge in [0.15, 0.2) is 20.9 Å². The summed E-state index contributed by atoms with van der Waals surface area (Å²) in [5.74, 6) is 0. The van der Waals surface area contributed by atoms with Gasteiger partial charge in [-0.3, -0.25) is 0 Å². The fraction of sp³-hybridized carbons (Fsp3) is 0.500. The van der Waals surface area contributed by atoms with Gasteiger partial charge in [0.1, 0.15) is 20.4 Å². The Morgan fingerprint density at radius 3 is 0.643 bits per heavy atom. The molecule has 16 nitrogen and oxygen atoms in total. The number of aromatic nitrogens is 16. The number of tetrazole rings is 4. The number of hydrogen-bond donors (Lipinski definition) is 4. The van der Waals surface area contributed by atoms with Gasteiger partial charge in [-0.1, -0.05) is 20.9 Å². The predicted octanol–water partition coefficient (Wildman–Crippen LogP) is -17.5. The van der Waals surface area contributed by atoms with Crippen LogP contribution in [0.1, 0.15) is 0 Å². The van der Waals surface area contributed by atoms with Crippen LogP contribution < -0.4 is 86.7 Å². The van der Waals surface area contributed by atoms with Crippen LogP contribution >= 0.6 is 0 Å². The second-order valence-corrected chi connectivity index (χ2v) is 4.17. The summed E-state index contributed by atoms with van der Waals surface area (Å²) < 4.78 is 6.61. The molecule has 0 fully saturated rings. The SMILES string of the molecule is C[n+]1cnn[nH]1.C[n+]1cnn[nH]1.C[n+]1cnn[nH]1.C[n+]1cnn[nH]1.[Br-].[Br-].[Br-].[Br-]. The van der Waals surface area contributed by atoms with Crippen LogP contribution in [0.15, 0.2) is 25.3 Å². The Balaban J connectivity index is -0.000000131.